The molecule has 0 spiro atoms. The van der Waals surface area contributed by atoms with Crippen LogP contribution in [0.4, 0.5) is 0 Å². The maximum atomic E-state index is 16.9. The number of rotatable bonds is 29. The smallest absolute Gasteiger partial charge is 0.312 e. The first kappa shape index (κ1) is 82.2. The third kappa shape index (κ3) is 21.9. The fourth-order valence-electron chi connectivity index (χ4n) is 18.6. The van der Waals surface area contributed by atoms with Crippen LogP contribution in [0.15, 0.2) is 75.9 Å². The predicted molar refractivity (Wildman–Crippen MR) is 396 cm³/mol. The minimum atomic E-state index is -1.81. The van der Waals surface area contributed by atoms with Gasteiger partial charge in [0.1, 0.15) is 33.6 Å². The zero-order chi connectivity index (χ0) is 71.9. The van der Waals surface area contributed by atoms with E-state index in [2.05, 4.69) is 39.5 Å². The third-order valence-electron chi connectivity index (χ3n) is 25.0. The third-order valence-corrected chi connectivity index (χ3v) is 25.0. The molecule has 0 aromatic carbocycles. The van der Waals surface area contributed by atoms with Gasteiger partial charge >= 0.3 is 35.8 Å². The second kappa shape index (κ2) is 36.4. The van der Waals surface area contributed by atoms with Crippen molar-refractivity contribution in [3.63, 3.8) is 0 Å². The van der Waals surface area contributed by atoms with Crippen molar-refractivity contribution in [1.82, 2.24) is 0 Å². The molecule has 6 saturated carbocycles. The maximum Gasteiger partial charge on any atom is 0.312 e. The molecule has 6 aliphatic rings. The van der Waals surface area contributed by atoms with Crippen molar-refractivity contribution in [1.29, 1.82) is 0 Å². The predicted octanol–water partition coefficient (Wildman–Crippen LogP) is 22.7. The van der Waals surface area contributed by atoms with Crippen molar-refractivity contribution in [3.05, 3.63) is 75.9 Å². The molecule has 6 aliphatic carbocycles. The molecule has 0 aromatic heterocycles. The molecule has 0 N–H and O–H groups in total. The Labute approximate surface area is 595 Å². The summed E-state index contributed by atoms with van der Waals surface area (Å²) in [6.45, 7) is 40.5. The highest BCUT2D eigenvalue weighted by atomic mass is 16.6. The van der Waals surface area contributed by atoms with Crippen LogP contribution in [-0.2, 0) is 57.2 Å². The Balaban J connectivity index is 1.64. The lowest BCUT2D eigenvalue weighted by Gasteiger charge is -2.48. The first-order chi connectivity index (χ1) is 46.5. The van der Waals surface area contributed by atoms with E-state index in [0.717, 1.165) is 193 Å². The highest BCUT2D eigenvalue weighted by molar-refractivity contribution is 5.86. The SMILES string of the molecule is C=CC1(OC(=O)C(C)(C)CC(C)(CC(C)(CC(C)(CC(C)(CC(C)(CC)C(=O)OC2(C=C)CCCCCCC2)C(=O)OC2(C=C)CCCCCCC2)C(=O)OC2(C=C)CCCCCCC2)C(=O)OC2(C=C)CCCCCCC2)C(=O)OC2(C=C)CCCCCCC2)CCCCCCC1. The summed E-state index contributed by atoms with van der Waals surface area (Å²) in [6.07, 6.45) is 45.0. The van der Waals surface area contributed by atoms with E-state index in [1.807, 2.05) is 34.6 Å². The van der Waals surface area contributed by atoms with Crippen molar-refractivity contribution in [2.75, 3.05) is 0 Å². The fraction of sp³-hybridized carbons (Fsp3) is 0.791. The highest BCUT2D eigenvalue weighted by Crippen LogP contribution is 2.57. The topological polar surface area (TPSA) is 158 Å². The summed E-state index contributed by atoms with van der Waals surface area (Å²) in [7, 11) is 0. The van der Waals surface area contributed by atoms with E-state index in [1.165, 1.54) is 0 Å². The maximum absolute atomic E-state index is 16.9. The zero-order valence-electron chi connectivity index (χ0n) is 63.5. The molecule has 6 fully saturated rings. The van der Waals surface area contributed by atoms with Crippen LogP contribution in [0.3, 0.4) is 0 Å². The lowest BCUT2D eigenvalue weighted by molar-refractivity contribution is -0.189. The van der Waals surface area contributed by atoms with Crippen LogP contribution in [-0.4, -0.2) is 69.4 Å². The lowest BCUT2D eigenvalue weighted by atomic mass is 9.58. The van der Waals surface area contributed by atoms with Crippen molar-refractivity contribution in [2.45, 2.75) is 397 Å². The van der Waals surface area contributed by atoms with Crippen molar-refractivity contribution < 1.29 is 57.2 Å². The summed E-state index contributed by atoms with van der Waals surface area (Å²) >= 11 is 0. The minimum absolute atomic E-state index is 0.0962. The van der Waals surface area contributed by atoms with Gasteiger partial charge in [-0.3, -0.25) is 28.8 Å². The second-order valence-corrected chi connectivity index (χ2v) is 34.5. The van der Waals surface area contributed by atoms with Gasteiger partial charge in [-0.1, -0.05) is 162 Å². The summed E-state index contributed by atoms with van der Waals surface area (Å²) in [6, 6.07) is 0. The lowest BCUT2D eigenvalue weighted by Crippen LogP contribution is -2.53. The van der Waals surface area contributed by atoms with E-state index >= 15 is 28.8 Å². The fourth-order valence-corrected chi connectivity index (χ4v) is 18.6. The van der Waals surface area contributed by atoms with E-state index in [9.17, 15) is 0 Å². The molecule has 98 heavy (non-hydrogen) atoms. The molecular weight excluding hydrogens is 1220 g/mol. The quantitative estimate of drug-likeness (QED) is 0.0397. The van der Waals surface area contributed by atoms with E-state index < -0.39 is 102 Å². The Morgan fingerprint density at radius 3 is 0.561 bits per heavy atom. The first-order valence-corrected chi connectivity index (χ1v) is 39.7. The Morgan fingerprint density at radius 2 is 0.388 bits per heavy atom. The average molecular weight is 1360 g/mol. The number of hydrogen-bond acceptors (Lipinski definition) is 12. The van der Waals surface area contributed by atoms with Crippen LogP contribution in [0.5, 0.6) is 0 Å². The van der Waals surface area contributed by atoms with Crippen LogP contribution in [0.25, 0.3) is 0 Å². The number of carbonyl (C=O) groups excluding carboxylic acids is 6. The summed E-state index contributed by atoms with van der Waals surface area (Å²) in [5.74, 6) is -3.43. The van der Waals surface area contributed by atoms with Gasteiger partial charge in [-0.05, 0) is 278 Å². The molecule has 0 aliphatic heterocycles. The molecule has 0 heterocycles. The molecule has 6 rings (SSSR count). The van der Waals surface area contributed by atoms with E-state index in [-0.39, 0.29) is 38.5 Å². The largest absolute Gasteiger partial charge is 0.454 e. The van der Waals surface area contributed by atoms with Crippen molar-refractivity contribution in [3.8, 4) is 0 Å². The van der Waals surface area contributed by atoms with E-state index in [1.54, 1.807) is 57.2 Å². The number of carbonyl (C=O) groups is 6. The number of esters is 6. The molecule has 554 valence electrons. The van der Waals surface area contributed by atoms with E-state index in [4.69, 9.17) is 28.4 Å². The minimum Gasteiger partial charge on any atom is -0.454 e. The molecule has 12 heteroatoms. The van der Waals surface area contributed by atoms with Gasteiger partial charge in [-0.15, -0.1) is 0 Å². The van der Waals surface area contributed by atoms with Gasteiger partial charge in [-0.2, -0.15) is 0 Å². The van der Waals surface area contributed by atoms with Gasteiger partial charge < -0.3 is 28.4 Å². The summed E-state index contributed by atoms with van der Waals surface area (Å²) in [5.41, 5.74) is -15.7. The van der Waals surface area contributed by atoms with Gasteiger partial charge in [0, 0.05) is 0 Å². The molecule has 5 unspecified atom stereocenters. The molecule has 0 saturated heterocycles. The highest BCUT2D eigenvalue weighted by Gasteiger charge is 2.60. The number of ether oxygens (including phenoxy) is 6. The average Bonchev–Trinajstić information content (AvgIpc) is 0.750. The zero-order valence-corrected chi connectivity index (χ0v) is 63.5. The van der Waals surface area contributed by atoms with Gasteiger partial charge in [0.15, 0.2) is 0 Å². The summed E-state index contributed by atoms with van der Waals surface area (Å²) in [4.78, 5) is 97.8. The Kier molecular flexibility index (Phi) is 30.6. The Bertz CT molecular complexity index is 2650. The standard InChI is InChI=1S/C86H138O12/c1-15-76(10,70(88)94-82(17-3)54-42-30-23-31-43-55-82)65-78(12,72(90)96-84(19-5)58-46-34-25-35-47-59-84)67-80(14,74(92)98-86(21-7)62-50-38-27-39-51-63-86)68-79(13,73(91)97-85(20-6)60-48-36-26-37-49-61-85)66-77(11,71(89)95-83(18-4)56-44-32-24-33-45-57-83)64-75(8,9)69(87)93-81(16-2)52-40-28-22-29-41-53-81/h16-21H,2-7,15,22-68H2,1,8-14H3. The Morgan fingerprint density at radius 1 is 0.245 bits per heavy atom. The molecule has 5 atom stereocenters. The van der Waals surface area contributed by atoms with Crippen LogP contribution in [0.1, 0.15) is 364 Å². The monoisotopic (exact) mass is 1360 g/mol. The molecular formula is C86H138O12. The molecule has 0 aromatic rings. The van der Waals surface area contributed by atoms with E-state index in [0.29, 0.717) is 77.0 Å². The first-order valence-electron chi connectivity index (χ1n) is 39.7. The van der Waals surface area contributed by atoms with Crippen molar-refractivity contribution >= 4 is 35.8 Å². The normalized spacial score (nSPS) is 24.9. The van der Waals surface area contributed by atoms with Crippen LogP contribution in [0.2, 0.25) is 0 Å². The Hall–Kier alpha value is -4.74. The molecule has 0 bridgehead atoms. The van der Waals surface area contributed by atoms with Gasteiger partial charge in [0.2, 0.25) is 0 Å². The summed E-state index contributed by atoms with van der Waals surface area (Å²) < 4.78 is 41.9. The molecule has 0 amide bonds. The van der Waals surface area contributed by atoms with Crippen LogP contribution < -0.4 is 0 Å². The van der Waals surface area contributed by atoms with Crippen LogP contribution in [0, 0.1) is 32.5 Å². The number of hydrogen-bond donors (Lipinski definition) is 0. The van der Waals surface area contributed by atoms with Crippen LogP contribution >= 0.6 is 0 Å². The molecule has 12 nitrogen and oxygen atoms in total. The molecule has 0 radical (unpaired) electrons. The summed E-state index contributed by atoms with van der Waals surface area (Å²) in [5, 5.41) is 0. The van der Waals surface area contributed by atoms with Gasteiger partial charge in [-0.25, -0.2) is 0 Å². The van der Waals surface area contributed by atoms with Gasteiger partial charge in [0.05, 0.1) is 32.5 Å². The van der Waals surface area contributed by atoms with Crippen molar-refractivity contribution in [2.24, 2.45) is 32.5 Å². The second-order valence-electron chi connectivity index (χ2n) is 34.5. The van der Waals surface area contributed by atoms with Gasteiger partial charge in [0.25, 0.3) is 0 Å².